The Labute approximate surface area is 191 Å². The highest BCUT2D eigenvalue weighted by Gasteiger charge is 2.50. The maximum absolute atomic E-state index is 13.9. The van der Waals surface area contributed by atoms with Gasteiger partial charge in [-0.15, -0.1) is 0 Å². The number of nitrogens with zero attached hydrogens (tertiary/aromatic N) is 2. The van der Waals surface area contributed by atoms with Crippen LogP contribution >= 0.6 is 0 Å². The average molecular weight is 434 g/mol. The van der Waals surface area contributed by atoms with Gasteiger partial charge >= 0.3 is 0 Å². The highest BCUT2D eigenvalue weighted by Crippen LogP contribution is 2.40. The molecule has 0 spiro atoms. The predicted octanol–water partition coefficient (Wildman–Crippen LogP) is 3.64. The van der Waals surface area contributed by atoms with E-state index < -0.39 is 5.54 Å². The molecule has 0 aliphatic carbocycles. The fraction of sp³-hybridized carbons (Fsp3) is 0.0741. The van der Waals surface area contributed by atoms with Gasteiger partial charge in [-0.25, -0.2) is 4.99 Å². The second kappa shape index (κ2) is 8.24. The van der Waals surface area contributed by atoms with Crippen LogP contribution in [0.2, 0.25) is 0 Å². The molecule has 0 fully saturated rings. The van der Waals surface area contributed by atoms with Crippen molar-refractivity contribution in [2.24, 2.45) is 10.7 Å². The Hall–Kier alpha value is -4.45. The third kappa shape index (κ3) is 3.61. The number of hydrogen-bond donors (Lipinski definition) is 2. The van der Waals surface area contributed by atoms with Crippen molar-refractivity contribution in [1.82, 2.24) is 9.88 Å². The standard InChI is InChI=1S/C27H22N4O2/c28-26-30-27(22-10-3-1-4-11-22,23-12-5-2-6-13-23)25(33)31(26)18-19-8-7-9-20(16-19)21-14-15-24(32)29-17-21/h1-17H,18H2,(H2,28,30)(H,29,32). The van der Waals surface area contributed by atoms with Gasteiger partial charge in [-0.1, -0.05) is 78.9 Å². The lowest BCUT2D eigenvalue weighted by atomic mass is 9.83. The lowest BCUT2D eigenvalue weighted by Crippen LogP contribution is -2.43. The Balaban J connectivity index is 1.52. The van der Waals surface area contributed by atoms with Crippen molar-refractivity contribution in [3.05, 3.63) is 130 Å². The Bertz CT molecular complexity index is 1330. The first-order chi connectivity index (χ1) is 16.1. The number of carbonyl (C=O) groups excluding carboxylic acids is 1. The van der Waals surface area contributed by atoms with Crippen molar-refractivity contribution < 1.29 is 4.79 Å². The Morgan fingerprint density at radius 3 is 2.06 bits per heavy atom. The first kappa shape index (κ1) is 20.5. The molecule has 1 aliphatic rings. The normalized spacial score (nSPS) is 14.8. The van der Waals surface area contributed by atoms with Gasteiger partial charge in [0.2, 0.25) is 5.56 Å². The second-order valence-corrected chi connectivity index (χ2v) is 7.95. The summed E-state index contributed by atoms with van der Waals surface area (Å²) in [4.78, 5) is 34.3. The summed E-state index contributed by atoms with van der Waals surface area (Å²) >= 11 is 0. The molecule has 1 aliphatic heterocycles. The molecule has 33 heavy (non-hydrogen) atoms. The number of aromatic nitrogens is 1. The Morgan fingerprint density at radius 1 is 0.788 bits per heavy atom. The zero-order valence-electron chi connectivity index (χ0n) is 17.8. The third-order valence-corrected chi connectivity index (χ3v) is 5.88. The molecular weight excluding hydrogens is 412 g/mol. The lowest BCUT2D eigenvalue weighted by Gasteiger charge is -2.27. The Kier molecular flexibility index (Phi) is 5.11. The van der Waals surface area contributed by atoms with Crippen LogP contribution in [-0.4, -0.2) is 21.8 Å². The molecule has 0 radical (unpaired) electrons. The quantitative estimate of drug-likeness (QED) is 0.502. The van der Waals surface area contributed by atoms with Crippen molar-refractivity contribution in [1.29, 1.82) is 0 Å². The topological polar surface area (TPSA) is 91.5 Å². The van der Waals surface area contributed by atoms with Gasteiger partial charge in [-0.3, -0.25) is 14.5 Å². The van der Waals surface area contributed by atoms with Gasteiger partial charge in [-0.05, 0) is 39.9 Å². The summed E-state index contributed by atoms with van der Waals surface area (Å²) in [6.07, 6.45) is 1.67. The predicted molar refractivity (Wildman–Crippen MR) is 128 cm³/mol. The van der Waals surface area contributed by atoms with Crippen LogP contribution in [0.3, 0.4) is 0 Å². The fourth-order valence-corrected chi connectivity index (χ4v) is 4.26. The van der Waals surface area contributed by atoms with Crippen LogP contribution in [0.4, 0.5) is 0 Å². The van der Waals surface area contributed by atoms with Gasteiger partial charge in [0.1, 0.15) is 0 Å². The summed E-state index contributed by atoms with van der Waals surface area (Å²) < 4.78 is 0. The Morgan fingerprint density at radius 2 is 1.45 bits per heavy atom. The van der Waals surface area contributed by atoms with E-state index in [1.807, 2.05) is 84.9 Å². The van der Waals surface area contributed by atoms with Crippen LogP contribution in [0, 0.1) is 0 Å². The molecule has 0 bridgehead atoms. The van der Waals surface area contributed by atoms with E-state index in [0.717, 1.165) is 27.8 Å². The first-order valence-corrected chi connectivity index (χ1v) is 10.6. The van der Waals surface area contributed by atoms with E-state index in [9.17, 15) is 9.59 Å². The minimum absolute atomic E-state index is 0.153. The summed E-state index contributed by atoms with van der Waals surface area (Å²) in [5.41, 5.74) is 9.24. The molecule has 162 valence electrons. The van der Waals surface area contributed by atoms with Crippen LogP contribution in [0.15, 0.2) is 113 Å². The fourth-order valence-electron chi connectivity index (χ4n) is 4.26. The number of benzene rings is 3. The van der Waals surface area contributed by atoms with Crippen LogP contribution in [0.5, 0.6) is 0 Å². The highest BCUT2D eigenvalue weighted by molar-refractivity contribution is 6.09. The average Bonchev–Trinajstić information content (AvgIpc) is 3.11. The number of guanidine groups is 1. The van der Waals surface area contributed by atoms with Crippen molar-refractivity contribution >= 4 is 11.9 Å². The highest BCUT2D eigenvalue weighted by atomic mass is 16.2. The summed E-state index contributed by atoms with van der Waals surface area (Å²) in [6.45, 7) is 0.285. The molecule has 3 aromatic carbocycles. The van der Waals surface area contributed by atoms with Gasteiger partial charge in [0.15, 0.2) is 11.5 Å². The van der Waals surface area contributed by atoms with Gasteiger partial charge in [0.05, 0.1) is 6.54 Å². The number of pyridine rings is 1. The second-order valence-electron chi connectivity index (χ2n) is 7.95. The number of rotatable bonds is 5. The first-order valence-electron chi connectivity index (χ1n) is 10.6. The molecule has 6 heteroatoms. The number of aromatic amines is 1. The zero-order valence-corrected chi connectivity index (χ0v) is 17.8. The number of amides is 1. The van der Waals surface area contributed by atoms with Gasteiger partial charge < -0.3 is 10.7 Å². The van der Waals surface area contributed by atoms with Crippen LogP contribution in [0.25, 0.3) is 11.1 Å². The van der Waals surface area contributed by atoms with Gasteiger partial charge in [0.25, 0.3) is 5.91 Å². The lowest BCUT2D eigenvalue weighted by molar-refractivity contribution is -0.130. The zero-order chi connectivity index (χ0) is 22.8. The summed E-state index contributed by atoms with van der Waals surface area (Å²) in [5, 5.41) is 0. The van der Waals surface area contributed by atoms with Crippen LogP contribution in [0.1, 0.15) is 16.7 Å². The molecule has 6 nitrogen and oxygen atoms in total. The van der Waals surface area contributed by atoms with Crippen molar-refractivity contribution in [3.63, 3.8) is 0 Å². The van der Waals surface area contributed by atoms with Gasteiger partial charge in [0, 0.05) is 12.3 Å². The number of carbonyl (C=O) groups is 1. The molecule has 0 unspecified atom stereocenters. The molecule has 0 saturated heterocycles. The summed E-state index contributed by atoms with van der Waals surface area (Å²) in [6, 6.07) is 30.1. The molecular formula is C27H22N4O2. The van der Waals surface area contributed by atoms with E-state index in [1.165, 1.54) is 11.0 Å². The molecule has 1 amide bonds. The third-order valence-electron chi connectivity index (χ3n) is 5.88. The number of nitrogens with one attached hydrogen (secondary N) is 1. The van der Waals surface area contributed by atoms with Gasteiger partial charge in [-0.2, -0.15) is 0 Å². The van der Waals surface area contributed by atoms with Crippen molar-refractivity contribution in [3.8, 4) is 11.1 Å². The molecule has 2 heterocycles. The van der Waals surface area contributed by atoms with E-state index in [4.69, 9.17) is 10.7 Å². The maximum atomic E-state index is 13.9. The molecule has 3 N–H and O–H groups in total. The van der Waals surface area contributed by atoms with Crippen LogP contribution < -0.4 is 11.3 Å². The number of nitrogens with two attached hydrogens (primary N) is 1. The largest absolute Gasteiger partial charge is 0.369 e. The number of H-pyrrole nitrogens is 1. The van der Waals surface area contributed by atoms with E-state index in [1.54, 1.807) is 12.3 Å². The summed E-state index contributed by atoms with van der Waals surface area (Å²) in [5.74, 6) is -0.00556. The van der Waals surface area contributed by atoms with Crippen LogP contribution in [-0.2, 0) is 16.9 Å². The van der Waals surface area contributed by atoms with Crippen molar-refractivity contribution in [2.75, 3.05) is 0 Å². The van der Waals surface area contributed by atoms with E-state index in [0.29, 0.717) is 0 Å². The summed E-state index contributed by atoms with van der Waals surface area (Å²) in [7, 11) is 0. The monoisotopic (exact) mass is 434 g/mol. The molecule has 0 saturated carbocycles. The molecule has 1 aromatic heterocycles. The maximum Gasteiger partial charge on any atom is 0.266 e. The molecule has 5 rings (SSSR count). The number of aliphatic imine (C=N–C) groups is 1. The van der Waals surface area contributed by atoms with E-state index in [2.05, 4.69) is 4.98 Å². The number of hydrogen-bond acceptors (Lipinski definition) is 4. The van der Waals surface area contributed by atoms with E-state index in [-0.39, 0.29) is 24.0 Å². The minimum Gasteiger partial charge on any atom is -0.369 e. The molecule has 0 atom stereocenters. The van der Waals surface area contributed by atoms with Crippen molar-refractivity contribution in [2.45, 2.75) is 12.1 Å². The smallest absolute Gasteiger partial charge is 0.266 e. The SMILES string of the molecule is NC1=NC(c2ccccc2)(c2ccccc2)C(=O)N1Cc1cccc(-c2ccc(=O)[nH]c2)c1. The van der Waals surface area contributed by atoms with E-state index >= 15 is 0 Å². The molecule has 4 aromatic rings. The minimum atomic E-state index is -1.22.